The van der Waals surface area contributed by atoms with E-state index in [-0.39, 0.29) is 12.1 Å². The Kier molecular flexibility index (Phi) is 6.06. The summed E-state index contributed by atoms with van der Waals surface area (Å²) in [4.78, 5) is 16.6. The molecule has 2 heterocycles. The van der Waals surface area contributed by atoms with E-state index in [1.54, 1.807) is 0 Å². The van der Waals surface area contributed by atoms with E-state index in [2.05, 4.69) is 17.1 Å². The Labute approximate surface area is 121 Å². The van der Waals surface area contributed by atoms with Crippen molar-refractivity contribution in [2.45, 2.75) is 25.8 Å². The summed E-state index contributed by atoms with van der Waals surface area (Å²) in [7, 11) is 0. The lowest BCUT2D eigenvalue weighted by Gasteiger charge is -2.25. The molecule has 0 aromatic rings. The Morgan fingerprint density at radius 3 is 2.95 bits per heavy atom. The minimum absolute atomic E-state index is 0.0641. The van der Waals surface area contributed by atoms with Crippen molar-refractivity contribution in [1.29, 1.82) is 0 Å². The fraction of sp³-hybridized carbons (Fsp3) is 0.929. The van der Waals surface area contributed by atoms with Crippen LogP contribution >= 0.6 is 0 Å². The first-order valence-electron chi connectivity index (χ1n) is 7.74. The molecule has 0 aromatic carbocycles. The normalized spacial score (nSPS) is 26.3. The third-order valence-electron chi connectivity index (χ3n) is 4.11. The maximum Gasteiger partial charge on any atom is 0.317 e. The topological polar surface area (TPSA) is 70.8 Å². The Morgan fingerprint density at radius 2 is 2.25 bits per heavy atom. The smallest absolute Gasteiger partial charge is 0.317 e. The monoisotopic (exact) mass is 284 g/mol. The molecule has 3 N–H and O–H groups in total. The van der Waals surface area contributed by atoms with Gasteiger partial charge in [-0.25, -0.2) is 4.79 Å². The zero-order valence-electron chi connectivity index (χ0n) is 12.5. The molecule has 2 saturated heterocycles. The van der Waals surface area contributed by atoms with E-state index in [1.807, 2.05) is 4.90 Å². The summed E-state index contributed by atoms with van der Waals surface area (Å²) < 4.78 is 5.29. The maximum absolute atomic E-state index is 12.2. The Hall–Kier alpha value is -0.850. The number of nitrogens with one attached hydrogen (secondary N) is 1. The third kappa shape index (κ3) is 4.61. The van der Waals surface area contributed by atoms with Crippen LogP contribution in [0.3, 0.4) is 0 Å². The van der Waals surface area contributed by atoms with Crippen molar-refractivity contribution in [2.75, 3.05) is 52.5 Å². The van der Waals surface area contributed by atoms with E-state index in [0.29, 0.717) is 12.5 Å². The molecule has 0 aliphatic carbocycles. The van der Waals surface area contributed by atoms with Gasteiger partial charge in [0.2, 0.25) is 0 Å². The van der Waals surface area contributed by atoms with Crippen LogP contribution in [0.5, 0.6) is 0 Å². The highest BCUT2D eigenvalue weighted by Crippen LogP contribution is 2.08. The summed E-state index contributed by atoms with van der Waals surface area (Å²) >= 11 is 0. The second kappa shape index (κ2) is 7.81. The number of nitrogens with zero attached hydrogens (tertiary/aromatic N) is 2. The summed E-state index contributed by atoms with van der Waals surface area (Å²) in [6.07, 6.45) is 1.96. The number of carbonyl (C=O) groups is 1. The van der Waals surface area contributed by atoms with Gasteiger partial charge in [-0.1, -0.05) is 6.92 Å². The highest BCUT2D eigenvalue weighted by atomic mass is 16.5. The van der Waals surface area contributed by atoms with Crippen molar-refractivity contribution >= 4 is 6.03 Å². The van der Waals surface area contributed by atoms with Gasteiger partial charge in [0.25, 0.3) is 0 Å². The van der Waals surface area contributed by atoms with Crippen LogP contribution in [0.2, 0.25) is 0 Å². The SMILES string of the molecule is CC(CN)CN1CCCN(C(=O)NC2CCOC2)CC1. The molecule has 2 atom stereocenters. The lowest BCUT2D eigenvalue weighted by Crippen LogP contribution is -2.46. The molecule has 6 heteroatoms. The molecule has 2 aliphatic rings. The highest BCUT2D eigenvalue weighted by Gasteiger charge is 2.23. The minimum Gasteiger partial charge on any atom is -0.379 e. The van der Waals surface area contributed by atoms with E-state index in [4.69, 9.17) is 10.5 Å². The number of rotatable bonds is 4. The minimum atomic E-state index is 0.0641. The molecular weight excluding hydrogens is 256 g/mol. The van der Waals surface area contributed by atoms with Gasteiger partial charge in [0, 0.05) is 32.8 Å². The van der Waals surface area contributed by atoms with Gasteiger partial charge in [-0.15, -0.1) is 0 Å². The first-order chi connectivity index (χ1) is 9.69. The molecule has 2 rings (SSSR count). The Balaban J connectivity index is 1.75. The largest absolute Gasteiger partial charge is 0.379 e. The number of carbonyl (C=O) groups excluding carboxylic acids is 1. The molecule has 0 spiro atoms. The number of amides is 2. The van der Waals surface area contributed by atoms with Crippen LogP contribution in [0.1, 0.15) is 19.8 Å². The van der Waals surface area contributed by atoms with Crippen molar-refractivity contribution in [3.05, 3.63) is 0 Å². The van der Waals surface area contributed by atoms with Crippen LogP contribution in [0.4, 0.5) is 4.79 Å². The van der Waals surface area contributed by atoms with Gasteiger partial charge in [0.15, 0.2) is 0 Å². The second-order valence-corrected chi connectivity index (χ2v) is 5.99. The summed E-state index contributed by atoms with van der Waals surface area (Å²) in [6, 6.07) is 0.258. The zero-order chi connectivity index (χ0) is 14.4. The van der Waals surface area contributed by atoms with Crippen molar-refractivity contribution in [1.82, 2.24) is 15.1 Å². The van der Waals surface area contributed by atoms with Crippen LogP contribution in [0.25, 0.3) is 0 Å². The molecule has 2 unspecified atom stereocenters. The maximum atomic E-state index is 12.2. The highest BCUT2D eigenvalue weighted by molar-refractivity contribution is 5.74. The Morgan fingerprint density at radius 1 is 1.40 bits per heavy atom. The molecule has 20 heavy (non-hydrogen) atoms. The zero-order valence-corrected chi connectivity index (χ0v) is 12.5. The molecule has 0 bridgehead atoms. The van der Waals surface area contributed by atoms with E-state index >= 15 is 0 Å². The second-order valence-electron chi connectivity index (χ2n) is 5.99. The lowest BCUT2D eigenvalue weighted by molar-refractivity contribution is 0.177. The number of hydrogen-bond donors (Lipinski definition) is 2. The molecule has 0 radical (unpaired) electrons. The van der Waals surface area contributed by atoms with Crippen molar-refractivity contribution in [3.8, 4) is 0 Å². The molecule has 6 nitrogen and oxygen atoms in total. The van der Waals surface area contributed by atoms with Crippen molar-refractivity contribution < 1.29 is 9.53 Å². The fourth-order valence-corrected chi connectivity index (χ4v) is 2.79. The van der Waals surface area contributed by atoms with Crippen LogP contribution in [-0.4, -0.2) is 74.4 Å². The summed E-state index contributed by atoms with van der Waals surface area (Å²) in [5.74, 6) is 0.519. The van der Waals surface area contributed by atoms with Crippen LogP contribution in [-0.2, 0) is 4.74 Å². The van der Waals surface area contributed by atoms with Crippen LogP contribution in [0.15, 0.2) is 0 Å². The number of hydrogen-bond acceptors (Lipinski definition) is 4. The average Bonchev–Trinajstić information content (AvgIpc) is 2.83. The van der Waals surface area contributed by atoms with Crippen molar-refractivity contribution in [3.63, 3.8) is 0 Å². The number of ether oxygens (including phenoxy) is 1. The molecule has 2 fully saturated rings. The van der Waals surface area contributed by atoms with E-state index in [0.717, 1.165) is 58.7 Å². The van der Waals surface area contributed by atoms with Gasteiger partial charge in [0.05, 0.1) is 12.6 Å². The van der Waals surface area contributed by atoms with Gasteiger partial charge in [0.1, 0.15) is 0 Å². The molecule has 2 aliphatic heterocycles. The predicted octanol–water partition coefficient (Wildman–Crippen LogP) is 0.0874. The summed E-state index contributed by atoms with van der Waals surface area (Å²) in [5.41, 5.74) is 5.68. The first kappa shape index (κ1) is 15.5. The van der Waals surface area contributed by atoms with Gasteiger partial charge in [-0.2, -0.15) is 0 Å². The first-order valence-corrected chi connectivity index (χ1v) is 7.74. The third-order valence-corrected chi connectivity index (χ3v) is 4.11. The quantitative estimate of drug-likeness (QED) is 0.767. The fourth-order valence-electron chi connectivity index (χ4n) is 2.79. The summed E-state index contributed by atoms with van der Waals surface area (Å²) in [6.45, 7) is 8.99. The Bertz CT molecular complexity index is 308. The lowest BCUT2D eigenvalue weighted by atomic mass is 10.1. The molecule has 0 aromatic heterocycles. The van der Waals surface area contributed by atoms with E-state index in [1.165, 1.54) is 0 Å². The molecule has 0 saturated carbocycles. The van der Waals surface area contributed by atoms with Gasteiger partial charge in [-0.05, 0) is 31.8 Å². The van der Waals surface area contributed by atoms with Crippen molar-refractivity contribution in [2.24, 2.45) is 11.7 Å². The van der Waals surface area contributed by atoms with Gasteiger partial charge in [-0.3, -0.25) is 0 Å². The average molecular weight is 284 g/mol. The van der Waals surface area contributed by atoms with Crippen LogP contribution in [0, 0.1) is 5.92 Å². The number of nitrogens with two attached hydrogens (primary N) is 1. The number of urea groups is 1. The molecular formula is C14H28N4O2. The van der Waals surface area contributed by atoms with E-state index < -0.39 is 0 Å². The van der Waals surface area contributed by atoms with Gasteiger partial charge < -0.3 is 25.6 Å². The predicted molar refractivity (Wildman–Crippen MR) is 78.6 cm³/mol. The summed E-state index contributed by atoms with van der Waals surface area (Å²) in [5, 5.41) is 3.07. The standard InChI is InChI=1S/C14H28N4O2/c1-12(9-15)10-17-4-2-5-18(7-6-17)14(19)16-13-3-8-20-11-13/h12-13H,2-11,15H2,1H3,(H,16,19). The molecule has 116 valence electrons. The van der Waals surface area contributed by atoms with Crippen LogP contribution < -0.4 is 11.1 Å². The molecule has 2 amide bonds. The van der Waals surface area contributed by atoms with Gasteiger partial charge >= 0.3 is 6.03 Å². The van der Waals surface area contributed by atoms with E-state index in [9.17, 15) is 4.79 Å².